The number of aromatic carboxylic acids is 1. The summed E-state index contributed by atoms with van der Waals surface area (Å²) in [7, 11) is 0. The van der Waals surface area contributed by atoms with Crippen molar-refractivity contribution in [2.75, 3.05) is 0 Å². The molecule has 0 aliphatic heterocycles. The molecular weight excluding hydrogens is 392 g/mol. The van der Waals surface area contributed by atoms with Crippen LogP contribution in [0.3, 0.4) is 0 Å². The summed E-state index contributed by atoms with van der Waals surface area (Å²) < 4.78 is 9.98. The van der Waals surface area contributed by atoms with Gasteiger partial charge in [0.25, 0.3) is 0 Å². The SMILES string of the molecule is CC(=O)Oc1cccc2c1C(=O)c1c(OC(C)=O)cc(C(=O)O)c(Cl)c1C2=O. The largest absolute Gasteiger partial charge is 0.478 e. The van der Waals surface area contributed by atoms with Crippen LogP contribution in [0.1, 0.15) is 56.0 Å². The number of ketones is 2. The molecule has 0 fully saturated rings. The van der Waals surface area contributed by atoms with Gasteiger partial charge in [-0.1, -0.05) is 23.7 Å². The fourth-order valence-corrected chi connectivity index (χ4v) is 3.23. The summed E-state index contributed by atoms with van der Waals surface area (Å²) >= 11 is 6.10. The van der Waals surface area contributed by atoms with Crippen LogP contribution in [0, 0.1) is 0 Å². The molecule has 2 aromatic carbocycles. The number of carbonyl (C=O) groups excluding carboxylic acids is 4. The zero-order valence-corrected chi connectivity index (χ0v) is 15.2. The van der Waals surface area contributed by atoms with Crippen LogP contribution in [-0.2, 0) is 9.59 Å². The maximum absolute atomic E-state index is 13.2. The van der Waals surface area contributed by atoms with Gasteiger partial charge in [-0.05, 0) is 12.1 Å². The van der Waals surface area contributed by atoms with Crippen molar-refractivity contribution in [2.45, 2.75) is 13.8 Å². The Morgan fingerprint density at radius 1 is 0.893 bits per heavy atom. The average Bonchev–Trinajstić information content (AvgIpc) is 2.59. The number of carbonyl (C=O) groups is 5. The molecule has 2 aromatic rings. The van der Waals surface area contributed by atoms with Crippen molar-refractivity contribution in [2.24, 2.45) is 0 Å². The highest BCUT2D eigenvalue weighted by Crippen LogP contribution is 2.42. The zero-order chi connectivity index (χ0) is 20.7. The first kappa shape index (κ1) is 19.2. The van der Waals surface area contributed by atoms with Crippen LogP contribution in [0.4, 0.5) is 0 Å². The highest BCUT2D eigenvalue weighted by atomic mass is 35.5. The first-order valence-electron chi connectivity index (χ1n) is 7.82. The summed E-state index contributed by atoms with van der Waals surface area (Å²) in [6, 6.07) is 4.95. The Hall–Kier alpha value is -3.52. The summed E-state index contributed by atoms with van der Waals surface area (Å²) in [6.07, 6.45) is 0. The fraction of sp³-hybridized carbons (Fsp3) is 0.105. The third-order valence-electron chi connectivity index (χ3n) is 3.92. The lowest BCUT2D eigenvalue weighted by atomic mass is 9.82. The van der Waals surface area contributed by atoms with E-state index in [1.54, 1.807) is 0 Å². The van der Waals surface area contributed by atoms with Crippen LogP contribution in [0.25, 0.3) is 0 Å². The lowest BCUT2D eigenvalue weighted by Crippen LogP contribution is -2.25. The van der Waals surface area contributed by atoms with Crippen molar-refractivity contribution < 1.29 is 38.6 Å². The standard InChI is InChI=1S/C19H11ClO8/c1-7(21)27-11-5-3-4-9-13(11)18(24)14-12(28-8(2)22)6-10(19(25)26)16(20)15(14)17(9)23/h3-6H,1-2H3,(H,25,26). The fourth-order valence-electron chi connectivity index (χ4n) is 2.92. The molecule has 0 unspecified atom stereocenters. The number of benzene rings is 2. The highest BCUT2D eigenvalue weighted by Gasteiger charge is 2.39. The van der Waals surface area contributed by atoms with E-state index >= 15 is 0 Å². The topological polar surface area (TPSA) is 124 Å². The summed E-state index contributed by atoms with van der Waals surface area (Å²) in [5.41, 5.74) is -1.59. The van der Waals surface area contributed by atoms with E-state index in [-0.39, 0.29) is 22.4 Å². The maximum atomic E-state index is 13.2. The van der Waals surface area contributed by atoms with Crippen molar-refractivity contribution in [1.29, 1.82) is 0 Å². The molecule has 0 amide bonds. The van der Waals surface area contributed by atoms with Crippen LogP contribution >= 0.6 is 11.6 Å². The van der Waals surface area contributed by atoms with Crippen molar-refractivity contribution >= 4 is 41.1 Å². The van der Waals surface area contributed by atoms with Crippen LogP contribution in [0.2, 0.25) is 5.02 Å². The van der Waals surface area contributed by atoms with E-state index in [0.29, 0.717) is 0 Å². The molecule has 28 heavy (non-hydrogen) atoms. The first-order chi connectivity index (χ1) is 13.1. The summed E-state index contributed by atoms with van der Waals surface area (Å²) in [5.74, 6) is -5.15. The van der Waals surface area contributed by atoms with Gasteiger partial charge >= 0.3 is 17.9 Å². The maximum Gasteiger partial charge on any atom is 0.337 e. The van der Waals surface area contributed by atoms with Gasteiger partial charge in [0.1, 0.15) is 11.5 Å². The van der Waals surface area contributed by atoms with Crippen LogP contribution < -0.4 is 9.47 Å². The quantitative estimate of drug-likeness (QED) is 0.523. The molecule has 142 valence electrons. The summed E-state index contributed by atoms with van der Waals surface area (Å²) in [6.45, 7) is 2.18. The Morgan fingerprint density at radius 2 is 1.50 bits per heavy atom. The van der Waals surface area contributed by atoms with Gasteiger partial charge in [0.05, 0.1) is 27.3 Å². The number of esters is 2. The number of hydrogen-bond acceptors (Lipinski definition) is 7. The van der Waals surface area contributed by atoms with Gasteiger partial charge in [-0.15, -0.1) is 0 Å². The normalized spacial score (nSPS) is 12.1. The molecule has 1 aliphatic carbocycles. The van der Waals surface area contributed by atoms with Crippen LogP contribution in [0.15, 0.2) is 24.3 Å². The van der Waals surface area contributed by atoms with E-state index in [4.69, 9.17) is 21.1 Å². The van der Waals surface area contributed by atoms with E-state index in [2.05, 4.69) is 0 Å². The number of ether oxygens (including phenoxy) is 2. The van der Waals surface area contributed by atoms with E-state index in [0.717, 1.165) is 19.9 Å². The minimum Gasteiger partial charge on any atom is -0.478 e. The Morgan fingerprint density at radius 3 is 2.07 bits per heavy atom. The van der Waals surface area contributed by atoms with E-state index in [9.17, 15) is 29.1 Å². The van der Waals surface area contributed by atoms with Gasteiger partial charge in [0.15, 0.2) is 5.78 Å². The van der Waals surface area contributed by atoms with E-state index in [1.807, 2.05) is 0 Å². The molecule has 0 spiro atoms. The smallest absolute Gasteiger partial charge is 0.337 e. The molecule has 0 saturated carbocycles. The van der Waals surface area contributed by atoms with Gasteiger partial charge < -0.3 is 14.6 Å². The number of rotatable bonds is 3. The molecule has 0 heterocycles. The van der Waals surface area contributed by atoms with Crippen molar-refractivity contribution in [3.8, 4) is 11.5 Å². The minimum absolute atomic E-state index is 0.116. The molecule has 0 aromatic heterocycles. The molecule has 8 nitrogen and oxygen atoms in total. The van der Waals surface area contributed by atoms with E-state index < -0.39 is 51.4 Å². The molecule has 0 saturated heterocycles. The number of halogens is 1. The molecule has 0 bridgehead atoms. The van der Waals surface area contributed by atoms with Gasteiger partial charge in [-0.25, -0.2) is 4.79 Å². The molecular formula is C19H11ClO8. The van der Waals surface area contributed by atoms with E-state index in [1.165, 1.54) is 18.2 Å². The first-order valence-corrected chi connectivity index (χ1v) is 8.20. The molecule has 1 aliphatic rings. The molecule has 0 radical (unpaired) electrons. The monoisotopic (exact) mass is 402 g/mol. The van der Waals surface area contributed by atoms with Gasteiger partial charge in [-0.2, -0.15) is 0 Å². The number of hydrogen-bond donors (Lipinski definition) is 1. The Kier molecular flexibility index (Phi) is 4.74. The van der Waals surface area contributed by atoms with Crippen molar-refractivity contribution in [3.63, 3.8) is 0 Å². The summed E-state index contributed by atoms with van der Waals surface area (Å²) in [4.78, 5) is 60.4. The van der Waals surface area contributed by atoms with Crippen molar-refractivity contribution in [1.82, 2.24) is 0 Å². The van der Waals surface area contributed by atoms with Gasteiger partial charge in [-0.3, -0.25) is 19.2 Å². The zero-order valence-electron chi connectivity index (χ0n) is 14.5. The average molecular weight is 403 g/mol. The molecule has 9 heteroatoms. The van der Waals surface area contributed by atoms with Gasteiger partial charge in [0.2, 0.25) is 5.78 Å². The number of fused-ring (bicyclic) bond motifs is 2. The third kappa shape index (κ3) is 3.03. The Balaban J connectivity index is 2.37. The second-order valence-electron chi connectivity index (χ2n) is 5.82. The van der Waals surface area contributed by atoms with Crippen LogP contribution in [-0.4, -0.2) is 34.6 Å². The second-order valence-corrected chi connectivity index (χ2v) is 6.19. The second kappa shape index (κ2) is 6.90. The molecule has 0 atom stereocenters. The number of carboxylic acids is 1. The molecule has 3 rings (SSSR count). The highest BCUT2D eigenvalue weighted by molar-refractivity contribution is 6.41. The Labute approximate surface area is 162 Å². The molecule has 1 N–H and O–H groups in total. The lowest BCUT2D eigenvalue weighted by Gasteiger charge is -2.23. The summed E-state index contributed by atoms with van der Waals surface area (Å²) in [5, 5.41) is 8.88. The Bertz CT molecular complexity index is 1100. The lowest BCUT2D eigenvalue weighted by molar-refractivity contribution is -0.132. The minimum atomic E-state index is -1.47. The predicted octanol–water partition coefficient (Wildman–Crippen LogP) is 2.66. The third-order valence-corrected chi connectivity index (χ3v) is 4.31. The predicted molar refractivity (Wildman–Crippen MR) is 94.3 cm³/mol. The van der Waals surface area contributed by atoms with Crippen LogP contribution in [0.5, 0.6) is 11.5 Å². The van der Waals surface area contributed by atoms with Crippen molar-refractivity contribution in [3.05, 3.63) is 57.1 Å². The number of carboxylic acid groups (broad SMARTS) is 1. The van der Waals surface area contributed by atoms with Gasteiger partial charge in [0, 0.05) is 19.4 Å².